The summed E-state index contributed by atoms with van der Waals surface area (Å²) in [6.07, 6.45) is 2.97. The lowest BCUT2D eigenvalue weighted by Gasteiger charge is -2.39. The number of rotatable bonds is 3. The quantitative estimate of drug-likeness (QED) is 0.715. The van der Waals surface area contributed by atoms with Crippen LogP contribution < -0.4 is 4.74 Å². The molecule has 0 radical (unpaired) electrons. The van der Waals surface area contributed by atoms with Crippen LogP contribution in [0.1, 0.15) is 47.5 Å². The van der Waals surface area contributed by atoms with E-state index in [1.165, 1.54) is 0 Å². The van der Waals surface area contributed by atoms with Crippen LogP contribution in [-0.4, -0.2) is 64.6 Å². The van der Waals surface area contributed by atoms with Crippen LogP contribution in [0.3, 0.4) is 0 Å². The van der Waals surface area contributed by atoms with Crippen molar-refractivity contribution in [1.82, 2.24) is 24.9 Å². The second-order valence-electron chi connectivity index (χ2n) is 8.74. The van der Waals surface area contributed by atoms with E-state index in [9.17, 15) is 4.79 Å². The molecule has 158 valence electrons. The van der Waals surface area contributed by atoms with Gasteiger partial charge in [-0.05, 0) is 62.9 Å². The highest BCUT2D eigenvalue weighted by molar-refractivity contribution is 5.98. The Hall–Kier alpha value is -2.87. The molecule has 2 saturated heterocycles. The number of aromatic nitrogens is 3. The number of fused-ring (bicyclic) bond motifs is 1. The maximum atomic E-state index is 13.1. The minimum atomic E-state index is 0.0652. The first-order valence-corrected chi connectivity index (χ1v) is 10.4. The van der Waals surface area contributed by atoms with E-state index < -0.39 is 0 Å². The van der Waals surface area contributed by atoms with Crippen LogP contribution in [0.25, 0.3) is 10.9 Å². The fourth-order valence-corrected chi connectivity index (χ4v) is 5.06. The number of ether oxygens (including phenoxy) is 1. The molecule has 2 aromatic heterocycles. The molecule has 2 aliphatic heterocycles. The van der Waals surface area contributed by atoms with E-state index in [0.717, 1.165) is 55.5 Å². The lowest BCUT2D eigenvalue weighted by molar-refractivity contribution is 0.0588. The second-order valence-corrected chi connectivity index (χ2v) is 8.74. The van der Waals surface area contributed by atoms with Gasteiger partial charge < -0.3 is 19.1 Å². The molecule has 30 heavy (non-hydrogen) atoms. The lowest BCUT2D eigenvalue weighted by atomic mass is 9.76. The molecule has 8 nitrogen and oxygen atoms in total. The fourth-order valence-electron chi connectivity index (χ4n) is 5.06. The molecule has 5 rings (SSSR count). The topological polar surface area (TPSA) is 87.5 Å². The zero-order chi connectivity index (χ0) is 20.9. The monoisotopic (exact) mass is 409 g/mol. The minimum absolute atomic E-state index is 0.0652. The third kappa shape index (κ3) is 3.25. The number of benzene rings is 1. The molecule has 0 aliphatic carbocycles. The molecule has 1 amide bonds. The SMILES string of the molecule is COc1ccc2[nH]c(C(=O)N3CCC4(CC3)CC(c3nc(C)no3)N(C)C4)cc2c1. The summed E-state index contributed by atoms with van der Waals surface area (Å²) >= 11 is 0. The molecule has 0 bridgehead atoms. The van der Waals surface area contributed by atoms with E-state index in [4.69, 9.17) is 9.26 Å². The van der Waals surface area contributed by atoms with E-state index in [0.29, 0.717) is 17.4 Å². The normalized spacial score (nSPS) is 21.6. The number of aryl methyl sites for hydroxylation is 1. The standard InChI is InChI=1S/C22H27N5O3/c1-14-23-20(30-25-14)19-12-22(13-26(19)2)6-8-27(9-7-22)21(28)18-11-15-10-16(29-3)4-5-17(15)24-18/h4-5,10-11,19,24H,6-9,12-13H2,1-3H3. The molecule has 1 aromatic carbocycles. The number of nitrogens with zero attached hydrogens (tertiary/aromatic N) is 4. The fraction of sp³-hybridized carbons (Fsp3) is 0.500. The lowest BCUT2D eigenvalue weighted by Crippen LogP contribution is -2.44. The highest BCUT2D eigenvalue weighted by Crippen LogP contribution is 2.48. The highest BCUT2D eigenvalue weighted by Gasteiger charge is 2.47. The van der Waals surface area contributed by atoms with Crippen molar-refractivity contribution in [3.63, 3.8) is 0 Å². The third-order valence-electron chi connectivity index (χ3n) is 6.74. The maximum absolute atomic E-state index is 13.1. The van der Waals surface area contributed by atoms with E-state index in [1.54, 1.807) is 7.11 Å². The molecular formula is C22H27N5O3. The van der Waals surface area contributed by atoms with Crippen LogP contribution in [0.2, 0.25) is 0 Å². The van der Waals surface area contributed by atoms with Gasteiger partial charge >= 0.3 is 0 Å². The van der Waals surface area contributed by atoms with E-state index in [2.05, 4.69) is 27.1 Å². The van der Waals surface area contributed by atoms with Crippen LogP contribution in [0.4, 0.5) is 0 Å². The molecule has 1 unspecified atom stereocenters. The third-order valence-corrected chi connectivity index (χ3v) is 6.74. The molecular weight excluding hydrogens is 382 g/mol. The number of piperidine rings is 1. The first-order chi connectivity index (χ1) is 14.5. The summed E-state index contributed by atoms with van der Waals surface area (Å²) < 4.78 is 10.7. The van der Waals surface area contributed by atoms with Crippen molar-refractivity contribution in [3.05, 3.63) is 41.7 Å². The number of aromatic amines is 1. The van der Waals surface area contributed by atoms with Crippen LogP contribution in [0, 0.1) is 12.3 Å². The first-order valence-electron chi connectivity index (χ1n) is 10.4. The highest BCUT2D eigenvalue weighted by atomic mass is 16.5. The predicted molar refractivity (Wildman–Crippen MR) is 111 cm³/mol. The number of hydrogen-bond acceptors (Lipinski definition) is 6. The van der Waals surface area contributed by atoms with Gasteiger partial charge in [0.25, 0.3) is 5.91 Å². The molecule has 1 atom stereocenters. The smallest absolute Gasteiger partial charge is 0.270 e. The largest absolute Gasteiger partial charge is 0.497 e. The van der Waals surface area contributed by atoms with Crippen LogP contribution in [0.15, 0.2) is 28.8 Å². The zero-order valence-corrected chi connectivity index (χ0v) is 17.6. The van der Waals surface area contributed by atoms with Crippen molar-refractivity contribution in [1.29, 1.82) is 0 Å². The molecule has 1 N–H and O–H groups in total. The first kappa shape index (κ1) is 19.1. The van der Waals surface area contributed by atoms with Crippen molar-refractivity contribution in [2.75, 3.05) is 33.8 Å². The van der Waals surface area contributed by atoms with Gasteiger partial charge in [0.1, 0.15) is 11.4 Å². The van der Waals surface area contributed by atoms with Gasteiger partial charge in [-0.2, -0.15) is 4.98 Å². The summed E-state index contributed by atoms with van der Waals surface area (Å²) in [7, 11) is 3.77. The van der Waals surface area contributed by atoms with Gasteiger partial charge in [-0.25, -0.2) is 0 Å². The van der Waals surface area contributed by atoms with E-state index >= 15 is 0 Å². The minimum Gasteiger partial charge on any atom is -0.497 e. The molecule has 4 heterocycles. The Balaban J connectivity index is 1.27. The average Bonchev–Trinajstić information content (AvgIpc) is 3.44. The van der Waals surface area contributed by atoms with E-state index in [1.807, 2.05) is 36.1 Å². The van der Waals surface area contributed by atoms with Crippen LogP contribution >= 0.6 is 0 Å². The van der Waals surface area contributed by atoms with Gasteiger partial charge in [-0.3, -0.25) is 9.69 Å². The number of amides is 1. The Morgan fingerprint density at radius 3 is 2.80 bits per heavy atom. The Morgan fingerprint density at radius 1 is 1.30 bits per heavy atom. The predicted octanol–water partition coefficient (Wildman–Crippen LogP) is 3.17. The summed E-state index contributed by atoms with van der Waals surface area (Å²) in [6.45, 7) is 4.37. The summed E-state index contributed by atoms with van der Waals surface area (Å²) in [5, 5.41) is 4.94. The van der Waals surface area contributed by atoms with Crippen molar-refractivity contribution in [2.45, 2.75) is 32.2 Å². The average molecular weight is 409 g/mol. The van der Waals surface area contributed by atoms with Crippen LogP contribution in [0.5, 0.6) is 5.75 Å². The van der Waals surface area contributed by atoms with E-state index in [-0.39, 0.29) is 17.4 Å². The number of nitrogens with one attached hydrogen (secondary N) is 1. The van der Waals surface area contributed by atoms with Gasteiger partial charge in [0, 0.05) is 30.5 Å². The molecule has 3 aromatic rings. The number of carbonyl (C=O) groups is 1. The summed E-state index contributed by atoms with van der Waals surface area (Å²) in [6, 6.07) is 7.88. The number of methoxy groups -OCH3 is 1. The Morgan fingerprint density at radius 2 is 2.10 bits per heavy atom. The second kappa shape index (κ2) is 7.12. The molecule has 2 fully saturated rings. The Kier molecular flexibility index (Phi) is 4.54. The van der Waals surface area contributed by atoms with Gasteiger partial charge in [0.15, 0.2) is 5.82 Å². The van der Waals surface area contributed by atoms with Gasteiger partial charge in [-0.1, -0.05) is 5.16 Å². The molecule has 8 heteroatoms. The summed E-state index contributed by atoms with van der Waals surface area (Å²) in [4.78, 5) is 25.1. The van der Waals surface area contributed by atoms with Crippen molar-refractivity contribution in [3.8, 4) is 5.75 Å². The molecule has 1 spiro atoms. The molecule has 0 saturated carbocycles. The molecule has 2 aliphatic rings. The van der Waals surface area contributed by atoms with Crippen molar-refractivity contribution < 1.29 is 14.1 Å². The Bertz CT molecular complexity index is 1080. The maximum Gasteiger partial charge on any atom is 0.270 e. The van der Waals surface area contributed by atoms with Crippen molar-refractivity contribution in [2.24, 2.45) is 5.41 Å². The summed E-state index contributed by atoms with van der Waals surface area (Å²) in [5.41, 5.74) is 1.78. The number of H-pyrrole nitrogens is 1. The van der Waals surface area contributed by atoms with Crippen molar-refractivity contribution >= 4 is 16.8 Å². The summed E-state index contributed by atoms with van der Waals surface area (Å²) in [5.74, 6) is 2.24. The van der Waals surface area contributed by atoms with Gasteiger partial charge in [-0.15, -0.1) is 0 Å². The van der Waals surface area contributed by atoms with Crippen LogP contribution in [-0.2, 0) is 0 Å². The Labute approximate surface area is 175 Å². The number of likely N-dealkylation sites (tertiary alicyclic amines) is 2. The van der Waals surface area contributed by atoms with Gasteiger partial charge in [0.05, 0.1) is 13.2 Å². The van der Waals surface area contributed by atoms with Gasteiger partial charge in [0.2, 0.25) is 5.89 Å². The number of hydrogen-bond donors (Lipinski definition) is 1. The number of carbonyl (C=O) groups excluding carboxylic acids is 1. The zero-order valence-electron chi connectivity index (χ0n) is 17.6.